The molecule has 2 aromatic heterocycles. The Balaban J connectivity index is 2.08. The van der Waals surface area contributed by atoms with Crippen LogP contribution in [0.5, 0.6) is 0 Å². The van der Waals surface area contributed by atoms with Crippen LogP contribution in [0.2, 0.25) is 0 Å². The highest BCUT2D eigenvalue weighted by Gasteiger charge is 2.52. The molecule has 5 nitrogen and oxygen atoms in total. The van der Waals surface area contributed by atoms with Crippen LogP contribution in [-0.4, -0.2) is 32.9 Å². The topological polar surface area (TPSA) is 49.2 Å². The molecule has 19 heavy (non-hydrogen) atoms. The molecule has 0 atom stereocenters. The standard InChI is InChI=1S/C13H18BN3O2/c1-12(2)13(3,4)19-14(18-12)9-8-17(5)11-10(9)15-6-7-16-11/h6-8H,1-5H3. The number of rotatable bonds is 1. The van der Waals surface area contributed by atoms with Crippen molar-refractivity contribution in [2.24, 2.45) is 7.05 Å². The zero-order chi connectivity index (χ0) is 13.8. The van der Waals surface area contributed by atoms with Crippen molar-refractivity contribution in [3.63, 3.8) is 0 Å². The Morgan fingerprint density at radius 1 is 1.05 bits per heavy atom. The van der Waals surface area contributed by atoms with E-state index in [1.807, 2.05) is 45.5 Å². The van der Waals surface area contributed by atoms with Crippen molar-refractivity contribution in [2.75, 3.05) is 0 Å². The summed E-state index contributed by atoms with van der Waals surface area (Å²) >= 11 is 0. The molecule has 1 aliphatic heterocycles. The van der Waals surface area contributed by atoms with Gasteiger partial charge in [0.05, 0.1) is 11.2 Å². The zero-order valence-corrected chi connectivity index (χ0v) is 12.0. The van der Waals surface area contributed by atoms with Crippen LogP contribution in [0.25, 0.3) is 11.2 Å². The van der Waals surface area contributed by atoms with Gasteiger partial charge in [-0.2, -0.15) is 0 Å². The Morgan fingerprint density at radius 2 is 1.63 bits per heavy atom. The number of hydrogen-bond donors (Lipinski definition) is 0. The summed E-state index contributed by atoms with van der Waals surface area (Å²) in [6.45, 7) is 8.18. The summed E-state index contributed by atoms with van der Waals surface area (Å²) in [6, 6.07) is 0. The second kappa shape index (κ2) is 3.80. The van der Waals surface area contributed by atoms with Gasteiger partial charge in [0.2, 0.25) is 0 Å². The molecule has 0 radical (unpaired) electrons. The van der Waals surface area contributed by atoms with Gasteiger partial charge in [0.25, 0.3) is 0 Å². The van der Waals surface area contributed by atoms with Crippen molar-refractivity contribution in [3.05, 3.63) is 18.6 Å². The largest absolute Gasteiger partial charge is 0.498 e. The highest BCUT2D eigenvalue weighted by Crippen LogP contribution is 2.36. The van der Waals surface area contributed by atoms with E-state index in [4.69, 9.17) is 9.31 Å². The molecular formula is C13H18BN3O2. The molecule has 2 aromatic rings. The Labute approximate surface area is 113 Å². The molecule has 0 unspecified atom stereocenters. The van der Waals surface area contributed by atoms with Gasteiger partial charge in [0.1, 0.15) is 5.52 Å². The van der Waals surface area contributed by atoms with Gasteiger partial charge in [-0.3, -0.25) is 4.98 Å². The second-order valence-corrected chi connectivity index (χ2v) is 6.01. The predicted octanol–water partition coefficient (Wildman–Crippen LogP) is 1.27. The first-order valence-electron chi connectivity index (χ1n) is 6.43. The van der Waals surface area contributed by atoms with E-state index < -0.39 is 7.12 Å². The fourth-order valence-electron chi connectivity index (χ4n) is 2.27. The van der Waals surface area contributed by atoms with Crippen molar-refractivity contribution in [1.82, 2.24) is 14.5 Å². The van der Waals surface area contributed by atoms with Crippen molar-refractivity contribution < 1.29 is 9.31 Å². The normalized spacial score (nSPS) is 21.2. The first-order valence-corrected chi connectivity index (χ1v) is 6.43. The third-order valence-electron chi connectivity index (χ3n) is 4.13. The van der Waals surface area contributed by atoms with Crippen LogP contribution < -0.4 is 5.46 Å². The lowest BCUT2D eigenvalue weighted by Crippen LogP contribution is -2.41. The van der Waals surface area contributed by atoms with Gasteiger partial charge in [0.15, 0.2) is 5.65 Å². The van der Waals surface area contributed by atoms with E-state index in [0.29, 0.717) is 0 Å². The van der Waals surface area contributed by atoms with Crippen LogP contribution in [0.15, 0.2) is 18.6 Å². The minimum absolute atomic E-state index is 0.345. The van der Waals surface area contributed by atoms with E-state index in [9.17, 15) is 0 Å². The summed E-state index contributed by atoms with van der Waals surface area (Å²) < 4.78 is 14.1. The molecule has 1 saturated heterocycles. The van der Waals surface area contributed by atoms with Gasteiger partial charge >= 0.3 is 7.12 Å². The number of fused-ring (bicyclic) bond motifs is 1. The van der Waals surface area contributed by atoms with Gasteiger partial charge in [0, 0.05) is 31.1 Å². The van der Waals surface area contributed by atoms with Crippen molar-refractivity contribution in [1.29, 1.82) is 0 Å². The Kier molecular flexibility index (Phi) is 2.53. The van der Waals surface area contributed by atoms with Crippen molar-refractivity contribution in [3.8, 4) is 0 Å². The third-order valence-corrected chi connectivity index (χ3v) is 4.13. The average Bonchev–Trinajstić information content (AvgIpc) is 2.76. The summed E-state index contributed by atoms with van der Waals surface area (Å²) in [5.41, 5.74) is 1.92. The third kappa shape index (κ3) is 1.78. The van der Waals surface area contributed by atoms with Gasteiger partial charge in [-0.25, -0.2) is 4.98 Å². The van der Waals surface area contributed by atoms with E-state index in [1.54, 1.807) is 12.4 Å². The van der Waals surface area contributed by atoms with Crippen LogP contribution >= 0.6 is 0 Å². The maximum Gasteiger partial charge on any atom is 0.498 e. The fourth-order valence-corrected chi connectivity index (χ4v) is 2.27. The number of aromatic nitrogens is 3. The number of aryl methyl sites for hydroxylation is 1. The Bertz CT molecular complexity index is 620. The number of nitrogens with zero attached hydrogens (tertiary/aromatic N) is 3. The SMILES string of the molecule is Cn1cc(B2OC(C)(C)C(C)(C)O2)c2nccnc21. The first-order chi connectivity index (χ1) is 8.82. The van der Waals surface area contributed by atoms with E-state index in [1.165, 1.54) is 0 Å². The van der Waals surface area contributed by atoms with Gasteiger partial charge < -0.3 is 13.9 Å². The average molecular weight is 259 g/mol. The minimum Gasteiger partial charge on any atom is -0.399 e. The zero-order valence-electron chi connectivity index (χ0n) is 12.0. The molecule has 1 fully saturated rings. The lowest BCUT2D eigenvalue weighted by atomic mass is 9.80. The van der Waals surface area contributed by atoms with Crippen LogP contribution in [0.3, 0.4) is 0 Å². The monoisotopic (exact) mass is 259 g/mol. The molecule has 0 N–H and O–H groups in total. The lowest BCUT2D eigenvalue weighted by Gasteiger charge is -2.32. The molecule has 3 heterocycles. The van der Waals surface area contributed by atoms with Crippen LogP contribution in [0.1, 0.15) is 27.7 Å². The van der Waals surface area contributed by atoms with Gasteiger partial charge in [-0.05, 0) is 27.7 Å². The maximum absolute atomic E-state index is 6.07. The molecular weight excluding hydrogens is 241 g/mol. The van der Waals surface area contributed by atoms with Crippen molar-refractivity contribution >= 4 is 23.7 Å². The van der Waals surface area contributed by atoms with Gasteiger partial charge in [-0.15, -0.1) is 0 Å². The second-order valence-electron chi connectivity index (χ2n) is 6.01. The quantitative estimate of drug-likeness (QED) is 0.723. The van der Waals surface area contributed by atoms with E-state index >= 15 is 0 Å². The minimum atomic E-state index is -0.398. The first kappa shape index (κ1) is 12.6. The molecule has 1 aliphatic rings. The molecule has 0 bridgehead atoms. The highest BCUT2D eigenvalue weighted by molar-refractivity contribution is 6.65. The fraction of sp³-hybridized carbons (Fsp3) is 0.538. The summed E-state index contributed by atoms with van der Waals surface area (Å²) in [6.07, 6.45) is 5.36. The molecule has 0 amide bonds. The molecule has 3 rings (SSSR count). The summed E-state index contributed by atoms with van der Waals surface area (Å²) in [5.74, 6) is 0. The smallest absolute Gasteiger partial charge is 0.399 e. The number of hydrogen-bond acceptors (Lipinski definition) is 4. The van der Waals surface area contributed by atoms with Gasteiger partial charge in [-0.1, -0.05) is 0 Å². The maximum atomic E-state index is 6.07. The molecule has 0 aromatic carbocycles. The van der Waals surface area contributed by atoms with Crippen molar-refractivity contribution in [2.45, 2.75) is 38.9 Å². The summed E-state index contributed by atoms with van der Waals surface area (Å²) in [7, 11) is 1.55. The van der Waals surface area contributed by atoms with E-state index in [0.717, 1.165) is 16.6 Å². The summed E-state index contributed by atoms with van der Waals surface area (Å²) in [4.78, 5) is 8.73. The summed E-state index contributed by atoms with van der Waals surface area (Å²) in [5, 5.41) is 0. The Morgan fingerprint density at radius 3 is 2.26 bits per heavy atom. The molecule has 0 aliphatic carbocycles. The van der Waals surface area contributed by atoms with Crippen LogP contribution in [0.4, 0.5) is 0 Å². The molecule has 0 spiro atoms. The highest BCUT2D eigenvalue weighted by atomic mass is 16.7. The van der Waals surface area contributed by atoms with E-state index in [2.05, 4.69) is 9.97 Å². The lowest BCUT2D eigenvalue weighted by molar-refractivity contribution is 0.00578. The molecule has 0 saturated carbocycles. The molecule has 6 heteroatoms. The van der Waals surface area contributed by atoms with Crippen LogP contribution in [0, 0.1) is 0 Å². The van der Waals surface area contributed by atoms with Crippen LogP contribution in [-0.2, 0) is 16.4 Å². The Hall–Kier alpha value is -1.40. The predicted molar refractivity (Wildman–Crippen MR) is 74.2 cm³/mol. The van der Waals surface area contributed by atoms with E-state index in [-0.39, 0.29) is 11.2 Å². The molecule has 100 valence electrons.